The number of carbonyl (C=O) groups excluding carboxylic acids is 1. The quantitative estimate of drug-likeness (QED) is 0.676. The fraction of sp³-hybridized carbons (Fsp3) is 0.235. The number of ether oxygens (including phenoxy) is 2. The first kappa shape index (κ1) is 15.7. The topological polar surface area (TPSA) is 68.9 Å². The smallest absolute Gasteiger partial charge is 0.193 e. The van der Waals surface area contributed by atoms with Crippen molar-refractivity contribution in [1.29, 1.82) is 0 Å². The number of hydrogen-bond donors (Lipinski definition) is 1. The van der Waals surface area contributed by atoms with Gasteiger partial charge in [-0.2, -0.15) is 0 Å². The molecule has 116 valence electrons. The predicted octanol–water partition coefficient (Wildman–Crippen LogP) is 3.52. The highest BCUT2D eigenvalue weighted by Crippen LogP contribution is 2.42. The molecule has 1 aromatic carbocycles. The van der Waals surface area contributed by atoms with Crippen molar-refractivity contribution >= 4 is 11.9 Å². The molecule has 0 atom stereocenters. The van der Waals surface area contributed by atoms with Crippen LogP contribution < -0.4 is 9.47 Å². The maximum Gasteiger partial charge on any atom is 0.193 e. The van der Waals surface area contributed by atoms with Crippen molar-refractivity contribution in [3.05, 3.63) is 46.9 Å². The van der Waals surface area contributed by atoms with E-state index in [9.17, 15) is 9.90 Å². The van der Waals surface area contributed by atoms with Crippen LogP contribution in [0.4, 0.5) is 0 Å². The van der Waals surface area contributed by atoms with Gasteiger partial charge in [0.1, 0.15) is 28.6 Å². The lowest BCUT2D eigenvalue weighted by Crippen LogP contribution is -2.05. The Labute approximate surface area is 128 Å². The average molecular weight is 302 g/mol. The molecule has 5 heteroatoms. The number of ketones is 1. The molecule has 0 radical (unpaired) electrons. The van der Waals surface area contributed by atoms with Crippen molar-refractivity contribution in [3.63, 3.8) is 0 Å². The summed E-state index contributed by atoms with van der Waals surface area (Å²) in [5, 5.41) is 10.3. The zero-order valence-corrected chi connectivity index (χ0v) is 13.0. The fourth-order valence-corrected chi connectivity index (χ4v) is 2.39. The largest absolute Gasteiger partial charge is 0.507 e. The highest BCUT2D eigenvalue weighted by atomic mass is 16.5. The van der Waals surface area contributed by atoms with Gasteiger partial charge in [0.2, 0.25) is 0 Å². The van der Waals surface area contributed by atoms with E-state index in [1.54, 1.807) is 26.0 Å². The van der Waals surface area contributed by atoms with Gasteiger partial charge in [-0.1, -0.05) is 0 Å². The minimum absolute atomic E-state index is 0.112. The number of benzene rings is 1. The Kier molecular flexibility index (Phi) is 4.56. The molecule has 1 N–H and O–H groups in total. The number of allylic oxidation sites excluding steroid dienone is 1. The zero-order valence-electron chi connectivity index (χ0n) is 13.0. The summed E-state index contributed by atoms with van der Waals surface area (Å²) < 4.78 is 15.7. The molecule has 0 amide bonds. The SMILES string of the molecule is COc1c(C)c(O)c(C(=O)/C=C/c2ccco2)c(OC)c1C. The van der Waals surface area contributed by atoms with E-state index in [0.29, 0.717) is 28.4 Å². The molecule has 0 fully saturated rings. The van der Waals surface area contributed by atoms with Crippen LogP contribution >= 0.6 is 0 Å². The molecule has 1 heterocycles. The highest BCUT2D eigenvalue weighted by molar-refractivity contribution is 6.11. The summed E-state index contributed by atoms with van der Waals surface area (Å²) in [5.41, 5.74) is 1.27. The Bertz CT molecular complexity index is 711. The van der Waals surface area contributed by atoms with Crippen molar-refractivity contribution in [3.8, 4) is 17.2 Å². The lowest BCUT2D eigenvalue weighted by Gasteiger charge is -2.17. The Morgan fingerprint density at radius 3 is 2.41 bits per heavy atom. The second-order valence-corrected chi connectivity index (χ2v) is 4.75. The number of furan rings is 1. The summed E-state index contributed by atoms with van der Waals surface area (Å²) in [6.07, 6.45) is 4.39. The third kappa shape index (κ3) is 2.70. The van der Waals surface area contributed by atoms with Gasteiger partial charge in [-0.05, 0) is 38.1 Å². The van der Waals surface area contributed by atoms with Gasteiger partial charge in [0.05, 0.1) is 20.5 Å². The molecule has 0 unspecified atom stereocenters. The predicted molar refractivity (Wildman–Crippen MR) is 82.8 cm³/mol. The molecule has 0 spiro atoms. The van der Waals surface area contributed by atoms with E-state index in [4.69, 9.17) is 13.9 Å². The van der Waals surface area contributed by atoms with Crippen LogP contribution in [-0.4, -0.2) is 25.1 Å². The highest BCUT2D eigenvalue weighted by Gasteiger charge is 2.24. The minimum Gasteiger partial charge on any atom is -0.507 e. The van der Waals surface area contributed by atoms with Gasteiger partial charge in [-0.3, -0.25) is 4.79 Å². The molecular formula is C17H18O5. The van der Waals surface area contributed by atoms with E-state index in [-0.39, 0.29) is 17.1 Å². The lowest BCUT2D eigenvalue weighted by molar-refractivity contribution is 0.104. The summed E-state index contributed by atoms with van der Waals surface area (Å²) in [5.74, 6) is 0.830. The molecule has 5 nitrogen and oxygen atoms in total. The number of phenolic OH excluding ortho intramolecular Hbond substituents is 1. The standard InChI is InChI=1S/C17H18O5/c1-10-15(19)14(17(21-4)11(2)16(10)20-3)13(18)8-7-12-6-5-9-22-12/h5-9,19H,1-4H3/b8-7+. The number of aromatic hydroxyl groups is 1. The Hall–Kier alpha value is -2.69. The van der Waals surface area contributed by atoms with Gasteiger partial charge in [-0.15, -0.1) is 0 Å². The van der Waals surface area contributed by atoms with Crippen LogP contribution in [0.25, 0.3) is 6.08 Å². The van der Waals surface area contributed by atoms with Crippen molar-refractivity contribution in [2.24, 2.45) is 0 Å². The summed E-state index contributed by atoms with van der Waals surface area (Å²) in [7, 11) is 2.95. The maximum absolute atomic E-state index is 12.4. The molecule has 0 saturated heterocycles. The molecule has 22 heavy (non-hydrogen) atoms. The van der Waals surface area contributed by atoms with E-state index in [1.807, 2.05) is 0 Å². The van der Waals surface area contributed by atoms with Crippen molar-refractivity contribution in [2.45, 2.75) is 13.8 Å². The molecule has 0 saturated carbocycles. The third-order valence-electron chi connectivity index (χ3n) is 3.44. The van der Waals surface area contributed by atoms with Crippen LogP contribution in [0.5, 0.6) is 17.2 Å². The second kappa shape index (κ2) is 6.39. The van der Waals surface area contributed by atoms with Gasteiger partial charge in [-0.25, -0.2) is 0 Å². The normalized spacial score (nSPS) is 10.9. The van der Waals surface area contributed by atoms with Crippen LogP contribution in [0.1, 0.15) is 27.2 Å². The van der Waals surface area contributed by atoms with Crippen LogP contribution in [0, 0.1) is 13.8 Å². The fourth-order valence-electron chi connectivity index (χ4n) is 2.39. The van der Waals surface area contributed by atoms with Gasteiger partial charge >= 0.3 is 0 Å². The molecule has 0 aliphatic heterocycles. The monoisotopic (exact) mass is 302 g/mol. The van der Waals surface area contributed by atoms with Crippen LogP contribution in [-0.2, 0) is 0 Å². The molecular weight excluding hydrogens is 284 g/mol. The second-order valence-electron chi connectivity index (χ2n) is 4.75. The van der Waals surface area contributed by atoms with E-state index in [0.717, 1.165) is 0 Å². The van der Waals surface area contributed by atoms with E-state index in [2.05, 4.69) is 0 Å². The van der Waals surface area contributed by atoms with Crippen molar-refractivity contribution in [2.75, 3.05) is 14.2 Å². The maximum atomic E-state index is 12.4. The van der Waals surface area contributed by atoms with Crippen LogP contribution in [0.15, 0.2) is 28.9 Å². The molecule has 0 aliphatic rings. The van der Waals surface area contributed by atoms with Gasteiger partial charge in [0, 0.05) is 11.1 Å². The summed E-state index contributed by atoms with van der Waals surface area (Å²) in [6, 6.07) is 3.45. The van der Waals surface area contributed by atoms with Gasteiger partial charge in [0.15, 0.2) is 5.78 Å². The molecule has 2 rings (SSSR count). The number of phenols is 1. The number of methoxy groups -OCH3 is 2. The number of hydrogen-bond acceptors (Lipinski definition) is 5. The van der Waals surface area contributed by atoms with E-state index >= 15 is 0 Å². The Morgan fingerprint density at radius 2 is 1.86 bits per heavy atom. The van der Waals surface area contributed by atoms with Crippen molar-refractivity contribution < 1.29 is 23.8 Å². The molecule has 0 aliphatic carbocycles. The van der Waals surface area contributed by atoms with E-state index < -0.39 is 0 Å². The molecule has 0 bridgehead atoms. The Morgan fingerprint density at radius 1 is 1.18 bits per heavy atom. The van der Waals surface area contributed by atoms with Crippen LogP contribution in [0.2, 0.25) is 0 Å². The van der Waals surface area contributed by atoms with E-state index in [1.165, 1.54) is 32.6 Å². The first-order valence-electron chi connectivity index (χ1n) is 6.71. The summed E-state index contributed by atoms with van der Waals surface area (Å²) >= 11 is 0. The number of carbonyl (C=O) groups is 1. The first-order valence-corrected chi connectivity index (χ1v) is 6.71. The zero-order chi connectivity index (χ0) is 16.3. The van der Waals surface area contributed by atoms with Crippen LogP contribution in [0.3, 0.4) is 0 Å². The Balaban J connectivity index is 2.52. The first-order chi connectivity index (χ1) is 10.5. The summed E-state index contributed by atoms with van der Waals surface area (Å²) in [4.78, 5) is 12.4. The van der Waals surface area contributed by atoms with Gasteiger partial charge < -0.3 is 19.0 Å². The average Bonchev–Trinajstić information content (AvgIpc) is 3.02. The van der Waals surface area contributed by atoms with Crippen molar-refractivity contribution in [1.82, 2.24) is 0 Å². The molecule has 1 aromatic heterocycles. The third-order valence-corrected chi connectivity index (χ3v) is 3.44. The molecule has 2 aromatic rings. The lowest BCUT2D eigenvalue weighted by atomic mass is 9.98. The number of rotatable bonds is 5. The minimum atomic E-state index is -0.375. The van der Waals surface area contributed by atoms with Gasteiger partial charge in [0.25, 0.3) is 0 Å². The summed E-state index contributed by atoms with van der Waals surface area (Å²) in [6.45, 7) is 3.46.